The number of hydrogen-bond acceptors (Lipinski definition) is 4. The first-order chi connectivity index (χ1) is 6.40. The number of nitrogens with zero attached hydrogens (tertiary/aromatic N) is 1. The lowest BCUT2D eigenvalue weighted by molar-refractivity contribution is 0.0187. The molecular formula is C9H20N2O3. The Morgan fingerprint density at radius 1 is 1.43 bits per heavy atom. The van der Waals surface area contributed by atoms with Crippen LogP contribution in [0.25, 0.3) is 0 Å². The number of nitrogens with two attached hydrogens (primary N) is 1. The maximum absolute atomic E-state index is 11.5. The lowest BCUT2D eigenvalue weighted by atomic mass is 10.2. The Kier molecular flexibility index (Phi) is 5.49. The molecule has 84 valence electrons. The topological polar surface area (TPSA) is 64.8 Å². The lowest BCUT2D eigenvalue weighted by Gasteiger charge is -2.26. The second-order valence-corrected chi connectivity index (χ2v) is 3.93. The van der Waals surface area contributed by atoms with Crippen LogP contribution in [-0.4, -0.2) is 36.3 Å². The molecule has 5 nitrogen and oxygen atoms in total. The molecule has 0 bridgehead atoms. The molecule has 0 saturated heterocycles. The summed E-state index contributed by atoms with van der Waals surface area (Å²) in [4.78, 5) is 17.4. The quantitative estimate of drug-likeness (QED) is 0.697. The van der Waals surface area contributed by atoms with Gasteiger partial charge >= 0.3 is 6.09 Å². The van der Waals surface area contributed by atoms with E-state index in [0.717, 1.165) is 0 Å². The van der Waals surface area contributed by atoms with Crippen LogP contribution in [0.15, 0.2) is 0 Å². The van der Waals surface area contributed by atoms with Crippen molar-refractivity contribution in [2.24, 2.45) is 5.90 Å². The third-order valence-corrected chi connectivity index (χ3v) is 1.51. The van der Waals surface area contributed by atoms with Crippen LogP contribution in [0.1, 0.15) is 27.7 Å². The fraction of sp³-hybridized carbons (Fsp3) is 0.889. The number of carbonyl (C=O) groups is 1. The van der Waals surface area contributed by atoms with Crippen LogP contribution in [-0.2, 0) is 9.57 Å². The third-order valence-electron chi connectivity index (χ3n) is 1.51. The first-order valence-corrected chi connectivity index (χ1v) is 4.70. The summed E-state index contributed by atoms with van der Waals surface area (Å²) in [7, 11) is 0. The van der Waals surface area contributed by atoms with Gasteiger partial charge in [0.1, 0.15) is 5.60 Å². The standard InChI is InChI=1S/C9H20N2O3/c1-5-11(6-7-13-10)8(12)14-9(2,3)4/h5-7,10H2,1-4H3. The van der Waals surface area contributed by atoms with E-state index < -0.39 is 5.60 Å². The van der Waals surface area contributed by atoms with Crippen LogP contribution < -0.4 is 5.90 Å². The van der Waals surface area contributed by atoms with Gasteiger partial charge in [-0.3, -0.25) is 0 Å². The van der Waals surface area contributed by atoms with Crippen molar-refractivity contribution in [3.63, 3.8) is 0 Å². The van der Waals surface area contributed by atoms with Crippen molar-refractivity contribution in [3.8, 4) is 0 Å². The highest BCUT2D eigenvalue weighted by Gasteiger charge is 2.20. The van der Waals surface area contributed by atoms with Crippen molar-refractivity contribution in [3.05, 3.63) is 0 Å². The van der Waals surface area contributed by atoms with Gasteiger partial charge < -0.3 is 14.5 Å². The van der Waals surface area contributed by atoms with E-state index in [-0.39, 0.29) is 6.09 Å². The van der Waals surface area contributed by atoms with Gasteiger partial charge in [-0.15, -0.1) is 0 Å². The van der Waals surface area contributed by atoms with Crippen molar-refractivity contribution in [2.75, 3.05) is 19.7 Å². The molecule has 0 aromatic rings. The molecule has 5 heteroatoms. The Morgan fingerprint density at radius 3 is 2.36 bits per heavy atom. The average molecular weight is 204 g/mol. The zero-order valence-electron chi connectivity index (χ0n) is 9.37. The Hall–Kier alpha value is -0.810. The van der Waals surface area contributed by atoms with Crippen molar-refractivity contribution < 1.29 is 14.4 Å². The van der Waals surface area contributed by atoms with Gasteiger partial charge in [0.25, 0.3) is 0 Å². The Bertz CT molecular complexity index is 177. The molecule has 1 amide bonds. The molecule has 0 radical (unpaired) electrons. The normalized spacial score (nSPS) is 11.2. The summed E-state index contributed by atoms with van der Waals surface area (Å²) in [5.74, 6) is 4.88. The fourth-order valence-corrected chi connectivity index (χ4v) is 0.868. The Labute approximate surface area is 85.1 Å². The van der Waals surface area contributed by atoms with Gasteiger partial charge in [-0.1, -0.05) is 0 Å². The maximum Gasteiger partial charge on any atom is 0.410 e. The lowest BCUT2D eigenvalue weighted by Crippen LogP contribution is -2.38. The molecule has 0 aliphatic rings. The minimum Gasteiger partial charge on any atom is -0.444 e. The minimum atomic E-state index is -0.464. The monoisotopic (exact) mass is 204 g/mol. The second-order valence-electron chi connectivity index (χ2n) is 3.93. The van der Waals surface area contributed by atoms with Crippen LogP contribution >= 0.6 is 0 Å². The molecular weight excluding hydrogens is 184 g/mol. The van der Waals surface area contributed by atoms with Crippen molar-refractivity contribution >= 4 is 6.09 Å². The van der Waals surface area contributed by atoms with Gasteiger partial charge in [0, 0.05) is 13.1 Å². The van der Waals surface area contributed by atoms with E-state index in [4.69, 9.17) is 10.6 Å². The number of likely N-dealkylation sites (N-methyl/N-ethyl adjacent to an activating group) is 1. The smallest absolute Gasteiger partial charge is 0.410 e. The first-order valence-electron chi connectivity index (χ1n) is 4.70. The van der Waals surface area contributed by atoms with Crippen molar-refractivity contribution in [2.45, 2.75) is 33.3 Å². The fourth-order valence-electron chi connectivity index (χ4n) is 0.868. The molecule has 0 atom stereocenters. The number of ether oxygens (including phenoxy) is 1. The van der Waals surface area contributed by atoms with E-state index in [1.54, 1.807) is 0 Å². The molecule has 0 unspecified atom stereocenters. The van der Waals surface area contributed by atoms with Gasteiger partial charge in [-0.25, -0.2) is 10.7 Å². The SMILES string of the molecule is CCN(CCON)C(=O)OC(C)(C)C. The zero-order chi connectivity index (χ0) is 11.2. The highest BCUT2D eigenvalue weighted by atomic mass is 16.6. The summed E-state index contributed by atoms with van der Waals surface area (Å²) in [6, 6.07) is 0. The van der Waals surface area contributed by atoms with Gasteiger partial charge in [0.2, 0.25) is 0 Å². The van der Waals surface area contributed by atoms with E-state index in [0.29, 0.717) is 19.7 Å². The number of carbonyl (C=O) groups excluding carboxylic acids is 1. The predicted molar refractivity (Wildman–Crippen MR) is 53.6 cm³/mol. The summed E-state index contributed by atoms with van der Waals surface area (Å²) >= 11 is 0. The minimum absolute atomic E-state index is 0.313. The molecule has 0 aliphatic heterocycles. The van der Waals surface area contributed by atoms with Gasteiger partial charge in [0.15, 0.2) is 0 Å². The Balaban J connectivity index is 4.04. The van der Waals surface area contributed by atoms with Crippen LogP contribution in [0.5, 0.6) is 0 Å². The Morgan fingerprint density at radius 2 is 2.00 bits per heavy atom. The summed E-state index contributed by atoms with van der Waals surface area (Å²) in [6.07, 6.45) is -0.336. The molecule has 0 fully saturated rings. The maximum atomic E-state index is 11.5. The molecule has 2 N–H and O–H groups in total. The van der Waals surface area contributed by atoms with Gasteiger partial charge in [-0.05, 0) is 27.7 Å². The van der Waals surface area contributed by atoms with Gasteiger partial charge in [0.05, 0.1) is 6.61 Å². The predicted octanol–water partition coefficient (Wildman–Crippen LogP) is 1.13. The second kappa shape index (κ2) is 5.82. The third kappa shape index (κ3) is 5.77. The molecule has 0 aromatic heterocycles. The average Bonchev–Trinajstić information content (AvgIpc) is 2.02. The van der Waals surface area contributed by atoms with Gasteiger partial charge in [-0.2, -0.15) is 0 Å². The van der Waals surface area contributed by atoms with E-state index >= 15 is 0 Å². The molecule has 0 saturated carbocycles. The number of rotatable bonds is 4. The zero-order valence-corrected chi connectivity index (χ0v) is 9.37. The summed E-state index contributed by atoms with van der Waals surface area (Å²) in [6.45, 7) is 8.71. The highest BCUT2D eigenvalue weighted by molar-refractivity contribution is 5.68. The first kappa shape index (κ1) is 13.2. The van der Waals surface area contributed by atoms with E-state index in [2.05, 4.69) is 4.84 Å². The molecule has 0 heterocycles. The molecule has 0 spiro atoms. The summed E-state index contributed by atoms with van der Waals surface area (Å²) in [5, 5.41) is 0. The van der Waals surface area contributed by atoms with E-state index in [1.165, 1.54) is 4.90 Å². The van der Waals surface area contributed by atoms with Crippen LogP contribution in [0, 0.1) is 0 Å². The van der Waals surface area contributed by atoms with Crippen LogP contribution in [0.2, 0.25) is 0 Å². The van der Waals surface area contributed by atoms with Crippen LogP contribution in [0.4, 0.5) is 4.79 Å². The van der Waals surface area contributed by atoms with Crippen molar-refractivity contribution in [1.29, 1.82) is 0 Å². The van der Waals surface area contributed by atoms with E-state index in [1.807, 2.05) is 27.7 Å². The van der Waals surface area contributed by atoms with E-state index in [9.17, 15) is 4.79 Å². The molecule has 14 heavy (non-hydrogen) atoms. The van der Waals surface area contributed by atoms with Crippen molar-refractivity contribution in [1.82, 2.24) is 4.90 Å². The molecule has 0 rings (SSSR count). The number of amides is 1. The summed E-state index contributed by atoms with van der Waals surface area (Å²) in [5.41, 5.74) is -0.464. The molecule has 0 aliphatic carbocycles. The number of hydrogen-bond donors (Lipinski definition) is 1. The van der Waals surface area contributed by atoms with Crippen LogP contribution in [0.3, 0.4) is 0 Å². The molecule has 0 aromatic carbocycles. The summed E-state index contributed by atoms with van der Waals surface area (Å²) < 4.78 is 5.18. The largest absolute Gasteiger partial charge is 0.444 e. The highest BCUT2D eigenvalue weighted by Crippen LogP contribution is 2.09.